The van der Waals surface area contributed by atoms with Crippen molar-refractivity contribution in [2.24, 2.45) is 5.41 Å². The van der Waals surface area contributed by atoms with Gasteiger partial charge in [0.25, 0.3) is 0 Å². The lowest BCUT2D eigenvalue weighted by Gasteiger charge is -2.50. The van der Waals surface area contributed by atoms with E-state index in [1.807, 2.05) is 24.3 Å². The summed E-state index contributed by atoms with van der Waals surface area (Å²) in [5.41, 5.74) is 0.324. The predicted molar refractivity (Wildman–Crippen MR) is 145 cm³/mol. The highest BCUT2D eigenvalue weighted by molar-refractivity contribution is 5.96. The zero-order valence-electron chi connectivity index (χ0n) is 23.6. The maximum atomic E-state index is 14.6. The van der Waals surface area contributed by atoms with Gasteiger partial charge >= 0.3 is 5.97 Å². The summed E-state index contributed by atoms with van der Waals surface area (Å²) >= 11 is 0. The van der Waals surface area contributed by atoms with E-state index in [-0.39, 0.29) is 50.6 Å². The van der Waals surface area contributed by atoms with Gasteiger partial charge in [0.2, 0.25) is 17.7 Å². The summed E-state index contributed by atoms with van der Waals surface area (Å²) in [6, 6.07) is 5.71. The monoisotopic (exact) mass is 584 g/mol. The van der Waals surface area contributed by atoms with Crippen LogP contribution in [0, 0.1) is 5.41 Å². The lowest BCUT2D eigenvalue weighted by molar-refractivity contribution is -0.204. The first-order valence-corrected chi connectivity index (χ1v) is 14.3. The molecule has 3 amide bonds. The minimum absolute atomic E-state index is 0.000604. The molecule has 2 N–H and O–H groups in total. The van der Waals surface area contributed by atoms with Crippen LogP contribution in [-0.2, 0) is 44.8 Å². The van der Waals surface area contributed by atoms with Gasteiger partial charge in [0, 0.05) is 39.7 Å². The van der Waals surface area contributed by atoms with Crippen LogP contribution in [0.3, 0.4) is 0 Å². The van der Waals surface area contributed by atoms with Crippen molar-refractivity contribution in [3.05, 3.63) is 41.5 Å². The van der Waals surface area contributed by atoms with E-state index in [1.165, 1.54) is 16.0 Å². The topological polar surface area (TPSA) is 147 Å². The number of carbonyl (C=O) groups excluding carboxylic acids is 4. The summed E-state index contributed by atoms with van der Waals surface area (Å²) in [6.07, 6.45) is 1.86. The van der Waals surface area contributed by atoms with Gasteiger partial charge in [-0.3, -0.25) is 24.0 Å². The van der Waals surface area contributed by atoms with Crippen LogP contribution in [0.5, 0.6) is 0 Å². The standard InChI is InChI=1S/C29H36N4O9/c1-31(2)21(35)10-9-17-5-7-18(8-6-17)15-33-24-27(37)41-20-14-29(24,25(42-33)23-22(20)39-16-40-23)28(38)32-12-3-4-19(32)26(36)30-11-13-34/h5-10,19-20,22-25,34H,3-4,11-16H2,1-2H3,(H,30,36)/t19-,20-,22+,23+,24+,25-,29+/m1/s1. The molecule has 0 unspecified atom stereocenters. The Balaban J connectivity index is 1.29. The molecule has 1 aromatic carbocycles. The van der Waals surface area contributed by atoms with Crippen molar-refractivity contribution in [1.82, 2.24) is 20.2 Å². The van der Waals surface area contributed by atoms with Gasteiger partial charge in [-0.1, -0.05) is 24.3 Å². The van der Waals surface area contributed by atoms with Crippen molar-refractivity contribution in [2.45, 2.75) is 62.3 Å². The molecule has 1 aliphatic carbocycles. The summed E-state index contributed by atoms with van der Waals surface area (Å²) < 4.78 is 17.5. The third-order valence-corrected chi connectivity index (χ3v) is 8.87. The van der Waals surface area contributed by atoms with Crippen LogP contribution in [-0.4, -0.2) is 121 Å². The zero-order chi connectivity index (χ0) is 29.6. The molecule has 0 radical (unpaired) electrons. The molecule has 5 fully saturated rings. The van der Waals surface area contributed by atoms with Crippen LogP contribution in [0.2, 0.25) is 0 Å². The fourth-order valence-corrected chi connectivity index (χ4v) is 6.89. The molecule has 2 bridgehead atoms. The number of aliphatic hydroxyl groups is 1. The van der Waals surface area contributed by atoms with Gasteiger partial charge < -0.3 is 34.4 Å². The van der Waals surface area contributed by atoms with E-state index in [4.69, 9.17) is 24.2 Å². The van der Waals surface area contributed by atoms with E-state index in [9.17, 15) is 19.2 Å². The third-order valence-electron chi connectivity index (χ3n) is 8.87. The van der Waals surface area contributed by atoms with E-state index in [1.54, 1.807) is 25.1 Å². The SMILES string of the molecule is CN(C)C(=O)C=Cc1ccc(CN2O[C@@H]3[C@H]4OCO[C@H]4[C@H]4C[C@]3(C(=O)N3CCC[C@@H]3C(=O)NCCO)[C@@H]2C(=O)O4)cc1. The minimum Gasteiger partial charge on any atom is -0.458 e. The van der Waals surface area contributed by atoms with Crippen molar-refractivity contribution in [1.29, 1.82) is 0 Å². The number of likely N-dealkylation sites (N-methyl/N-ethyl adjacent to an activating group) is 1. The van der Waals surface area contributed by atoms with Crippen LogP contribution in [0.1, 0.15) is 30.4 Å². The zero-order valence-corrected chi connectivity index (χ0v) is 23.6. The number of aliphatic hydroxyl groups excluding tert-OH is 1. The van der Waals surface area contributed by atoms with Gasteiger partial charge in [0.1, 0.15) is 42.7 Å². The summed E-state index contributed by atoms with van der Waals surface area (Å²) in [5, 5.41) is 13.4. The third kappa shape index (κ3) is 4.78. The predicted octanol–water partition coefficient (Wildman–Crippen LogP) is -0.571. The molecular weight excluding hydrogens is 548 g/mol. The number of hydrogen-bond donors (Lipinski definition) is 2. The van der Waals surface area contributed by atoms with Gasteiger partial charge in [0.15, 0.2) is 6.04 Å². The number of likely N-dealkylation sites (tertiary alicyclic amines) is 1. The van der Waals surface area contributed by atoms with Crippen molar-refractivity contribution < 1.29 is 43.3 Å². The van der Waals surface area contributed by atoms with Gasteiger partial charge in [-0.05, 0) is 30.0 Å². The fourth-order valence-electron chi connectivity index (χ4n) is 6.89. The fraction of sp³-hybridized carbons (Fsp3) is 0.586. The highest BCUT2D eigenvalue weighted by Crippen LogP contribution is 2.56. The molecular formula is C29H36N4O9. The molecule has 42 heavy (non-hydrogen) atoms. The van der Waals surface area contributed by atoms with Crippen LogP contribution >= 0.6 is 0 Å². The number of carbonyl (C=O) groups is 4. The number of esters is 1. The first kappa shape index (κ1) is 28.7. The van der Waals surface area contributed by atoms with Crippen LogP contribution in [0.15, 0.2) is 30.3 Å². The van der Waals surface area contributed by atoms with Gasteiger partial charge in [0.05, 0.1) is 13.2 Å². The number of benzene rings is 1. The molecule has 13 nitrogen and oxygen atoms in total. The minimum atomic E-state index is -1.33. The first-order valence-electron chi connectivity index (χ1n) is 14.3. The second-order valence-electron chi connectivity index (χ2n) is 11.6. The molecule has 1 saturated carbocycles. The summed E-state index contributed by atoms with van der Waals surface area (Å²) in [6.45, 7) is 0.444. The van der Waals surface area contributed by atoms with E-state index in [0.717, 1.165) is 11.1 Å². The van der Waals surface area contributed by atoms with E-state index in [0.29, 0.717) is 19.4 Å². The second-order valence-corrected chi connectivity index (χ2v) is 11.6. The number of hydrogen-bond acceptors (Lipinski definition) is 10. The maximum Gasteiger partial charge on any atom is 0.327 e. The average Bonchev–Trinajstić information content (AvgIpc) is 3.73. The largest absolute Gasteiger partial charge is 0.458 e. The Hall–Kier alpha value is -3.36. The number of nitrogens with zero attached hydrogens (tertiary/aromatic N) is 3. The summed E-state index contributed by atoms with van der Waals surface area (Å²) in [7, 11) is 3.36. The number of amides is 3. The molecule has 4 saturated heterocycles. The van der Waals surface area contributed by atoms with Crippen molar-refractivity contribution >= 4 is 29.8 Å². The Labute approximate surface area is 243 Å². The molecule has 0 spiro atoms. The van der Waals surface area contributed by atoms with Crippen molar-refractivity contribution in [3.8, 4) is 0 Å². The molecule has 6 rings (SSSR count). The van der Waals surface area contributed by atoms with E-state index < -0.39 is 47.9 Å². The molecule has 1 aromatic rings. The van der Waals surface area contributed by atoms with Gasteiger partial charge in [-0.25, -0.2) is 0 Å². The Morgan fingerprint density at radius 3 is 2.67 bits per heavy atom. The quantitative estimate of drug-likeness (QED) is 0.301. The lowest BCUT2D eigenvalue weighted by atomic mass is 9.62. The van der Waals surface area contributed by atoms with Gasteiger partial charge in [-0.15, -0.1) is 0 Å². The Bertz CT molecular complexity index is 1270. The Kier molecular flexibility index (Phi) is 7.79. The maximum absolute atomic E-state index is 14.6. The molecule has 4 heterocycles. The molecule has 4 aliphatic heterocycles. The molecule has 13 heteroatoms. The molecule has 226 valence electrons. The Morgan fingerprint density at radius 1 is 1.17 bits per heavy atom. The second kappa shape index (κ2) is 11.4. The summed E-state index contributed by atoms with van der Waals surface area (Å²) in [5.74, 6) is -1.36. The Morgan fingerprint density at radius 2 is 1.93 bits per heavy atom. The van der Waals surface area contributed by atoms with E-state index >= 15 is 0 Å². The number of nitrogens with one attached hydrogen (secondary N) is 1. The highest BCUT2D eigenvalue weighted by Gasteiger charge is 2.75. The van der Waals surface area contributed by atoms with Crippen LogP contribution < -0.4 is 5.32 Å². The van der Waals surface area contributed by atoms with Crippen molar-refractivity contribution in [3.63, 3.8) is 0 Å². The molecule has 7 atom stereocenters. The molecule has 0 aromatic heterocycles. The number of fused-ring (bicyclic) bond motifs is 4. The van der Waals surface area contributed by atoms with Gasteiger partial charge in [-0.2, -0.15) is 5.06 Å². The lowest BCUT2D eigenvalue weighted by Crippen LogP contribution is -2.70. The molecule has 5 aliphatic rings. The van der Waals surface area contributed by atoms with Crippen molar-refractivity contribution in [2.75, 3.05) is 40.6 Å². The normalized spacial score (nSPS) is 33.5. The number of hydroxylamine groups is 2. The van der Waals surface area contributed by atoms with Crippen LogP contribution in [0.4, 0.5) is 0 Å². The van der Waals surface area contributed by atoms with Crippen LogP contribution in [0.25, 0.3) is 6.08 Å². The van der Waals surface area contributed by atoms with E-state index in [2.05, 4.69) is 5.32 Å². The number of ether oxygens (including phenoxy) is 3. The average molecular weight is 585 g/mol. The highest BCUT2D eigenvalue weighted by atomic mass is 16.8. The smallest absolute Gasteiger partial charge is 0.327 e. The number of rotatable bonds is 8. The summed E-state index contributed by atoms with van der Waals surface area (Å²) in [4.78, 5) is 62.5. The first-order chi connectivity index (χ1) is 20.2.